The van der Waals surface area contributed by atoms with E-state index in [9.17, 15) is 9.59 Å². The van der Waals surface area contributed by atoms with Crippen LogP contribution in [0.25, 0.3) is 11.4 Å². The highest BCUT2D eigenvalue weighted by atomic mass is 35.5. The molecule has 0 bridgehead atoms. The van der Waals surface area contributed by atoms with Gasteiger partial charge in [-0.05, 0) is 66.9 Å². The van der Waals surface area contributed by atoms with Gasteiger partial charge < -0.3 is 10.1 Å². The second-order valence-electron chi connectivity index (χ2n) is 9.92. The first-order valence-electron chi connectivity index (χ1n) is 13.3. The zero-order chi connectivity index (χ0) is 28.1. The predicted molar refractivity (Wildman–Crippen MR) is 153 cm³/mol. The Labute approximate surface area is 238 Å². The fourth-order valence-corrected chi connectivity index (χ4v) is 5.06. The van der Waals surface area contributed by atoms with Crippen molar-refractivity contribution in [2.75, 3.05) is 12.0 Å². The minimum absolute atomic E-state index is 0.0848. The van der Waals surface area contributed by atoms with Crippen LogP contribution in [0.2, 0.25) is 5.02 Å². The molecule has 0 aliphatic heterocycles. The number of benzene rings is 3. The van der Waals surface area contributed by atoms with Gasteiger partial charge in [-0.15, -0.1) is 10.2 Å². The summed E-state index contributed by atoms with van der Waals surface area (Å²) in [5.41, 5.74) is 3.00. The molecule has 1 unspecified atom stereocenters. The predicted octanol–water partition coefficient (Wildman–Crippen LogP) is 5.14. The molecule has 1 atom stereocenters. The topological polar surface area (TPSA) is 102 Å². The highest BCUT2D eigenvalue weighted by Crippen LogP contribution is 2.32. The highest BCUT2D eigenvalue weighted by Gasteiger charge is 2.35. The molecule has 1 aromatic heterocycles. The van der Waals surface area contributed by atoms with Crippen molar-refractivity contribution in [2.45, 2.75) is 51.2 Å². The molecule has 1 heterocycles. The van der Waals surface area contributed by atoms with Crippen LogP contribution in [-0.2, 0) is 16.1 Å². The van der Waals surface area contributed by atoms with Crippen LogP contribution in [0, 0.1) is 6.92 Å². The van der Waals surface area contributed by atoms with E-state index in [1.807, 2.05) is 31.2 Å². The zero-order valence-electron chi connectivity index (χ0n) is 22.5. The van der Waals surface area contributed by atoms with Crippen LogP contribution in [0.1, 0.15) is 42.9 Å². The zero-order valence-corrected chi connectivity index (χ0v) is 23.2. The van der Waals surface area contributed by atoms with Gasteiger partial charge in [-0.3, -0.25) is 14.5 Å². The summed E-state index contributed by atoms with van der Waals surface area (Å²) in [7, 11) is 1.56. The van der Waals surface area contributed by atoms with Crippen molar-refractivity contribution in [3.8, 4) is 17.1 Å². The number of carbonyl (C=O) groups excluding carboxylic acids is 2. The number of aromatic nitrogens is 4. The minimum atomic E-state index is -0.917. The van der Waals surface area contributed by atoms with E-state index in [1.165, 1.54) is 9.70 Å². The van der Waals surface area contributed by atoms with Gasteiger partial charge in [0, 0.05) is 28.4 Å². The quantitative estimate of drug-likeness (QED) is 0.305. The molecule has 2 amide bonds. The van der Waals surface area contributed by atoms with Crippen molar-refractivity contribution >= 4 is 29.1 Å². The van der Waals surface area contributed by atoms with Crippen molar-refractivity contribution in [2.24, 2.45) is 0 Å². The van der Waals surface area contributed by atoms with Crippen molar-refractivity contribution in [1.82, 2.24) is 25.5 Å². The van der Waals surface area contributed by atoms with Crippen molar-refractivity contribution in [1.29, 1.82) is 0 Å². The van der Waals surface area contributed by atoms with E-state index in [1.54, 1.807) is 55.6 Å². The summed E-state index contributed by atoms with van der Waals surface area (Å²) >= 11 is 6.00. The summed E-state index contributed by atoms with van der Waals surface area (Å²) in [6.07, 6.45) is 4.00. The first kappa shape index (κ1) is 27.3. The number of nitrogens with zero attached hydrogens (tertiary/aromatic N) is 5. The molecule has 3 aromatic carbocycles. The van der Waals surface area contributed by atoms with Crippen LogP contribution in [0.3, 0.4) is 0 Å². The van der Waals surface area contributed by atoms with Crippen LogP contribution < -0.4 is 15.0 Å². The molecule has 4 aromatic rings. The smallest absolute Gasteiger partial charge is 0.251 e. The molecule has 1 fully saturated rings. The number of halogens is 1. The van der Waals surface area contributed by atoms with Crippen LogP contribution in [0.4, 0.5) is 5.69 Å². The summed E-state index contributed by atoms with van der Waals surface area (Å²) in [5.74, 6) is 0.324. The maximum atomic E-state index is 14.1. The Hall–Kier alpha value is -4.24. The molecule has 1 N–H and O–H groups in total. The number of amides is 2. The van der Waals surface area contributed by atoms with Gasteiger partial charge in [0.2, 0.25) is 11.7 Å². The maximum absolute atomic E-state index is 14.1. The molecule has 10 heteroatoms. The van der Waals surface area contributed by atoms with Crippen LogP contribution in [-0.4, -0.2) is 45.2 Å². The van der Waals surface area contributed by atoms with Crippen LogP contribution in [0.5, 0.6) is 5.75 Å². The number of methoxy groups -OCH3 is 1. The Morgan fingerprint density at radius 1 is 1.07 bits per heavy atom. The van der Waals surface area contributed by atoms with Gasteiger partial charge in [0.05, 0.1) is 7.11 Å². The van der Waals surface area contributed by atoms with Gasteiger partial charge in [0.25, 0.3) is 5.91 Å². The summed E-state index contributed by atoms with van der Waals surface area (Å²) in [6, 6.07) is 21.0. The first-order chi connectivity index (χ1) is 19.4. The second-order valence-corrected chi connectivity index (χ2v) is 10.4. The fourth-order valence-electron chi connectivity index (χ4n) is 4.94. The summed E-state index contributed by atoms with van der Waals surface area (Å²) in [4.78, 5) is 30.8. The number of anilines is 1. The number of carbonyl (C=O) groups is 2. The Morgan fingerprint density at radius 3 is 2.50 bits per heavy atom. The molecule has 0 saturated heterocycles. The Kier molecular flexibility index (Phi) is 8.40. The third-order valence-electron chi connectivity index (χ3n) is 7.03. The molecule has 5 rings (SSSR count). The van der Waals surface area contributed by atoms with Gasteiger partial charge in [-0.1, -0.05) is 60.3 Å². The Balaban J connectivity index is 1.51. The number of rotatable bonds is 9. The second kappa shape index (κ2) is 12.3. The molecular weight excluding hydrogens is 528 g/mol. The SMILES string of the molecule is COc1cccc(N(C(=O)Cn2nnc(-c3ccc(Cl)cc3)n2)C(C(=O)NC2CCCC2)c2ccc(C)cc2)c1. The lowest BCUT2D eigenvalue weighted by Gasteiger charge is -2.32. The van der Waals surface area contributed by atoms with Gasteiger partial charge in [-0.25, -0.2) is 0 Å². The molecule has 1 saturated carbocycles. The van der Waals surface area contributed by atoms with Crippen molar-refractivity contribution in [3.05, 3.63) is 88.9 Å². The average molecular weight is 559 g/mol. The van der Waals surface area contributed by atoms with Crippen LogP contribution in [0.15, 0.2) is 72.8 Å². The van der Waals surface area contributed by atoms with Crippen molar-refractivity contribution < 1.29 is 14.3 Å². The monoisotopic (exact) mass is 558 g/mol. The number of ether oxygens (including phenoxy) is 1. The molecule has 1 aliphatic carbocycles. The first-order valence-corrected chi connectivity index (χ1v) is 13.7. The average Bonchev–Trinajstić information content (AvgIpc) is 3.65. The lowest BCUT2D eigenvalue weighted by molar-refractivity contribution is -0.127. The number of nitrogens with one attached hydrogen (secondary N) is 1. The lowest BCUT2D eigenvalue weighted by Crippen LogP contribution is -2.47. The Bertz CT molecular complexity index is 1470. The molecule has 206 valence electrons. The maximum Gasteiger partial charge on any atom is 0.251 e. The normalized spacial score (nSPS) is 14.1. The van der Waals surface area contributed by atoms with E-state index in [2.05, 4.69) is 20.7 Å². The van der Waals surface area contributed by atoms with Gasteiger partial charge in [0.1, 0.15) is 18.3 Å². The van der Waals surface area contributed by atoms with E-state index in [-0.39, 0.29) is 24.4 Å². The summed E-state index contributed by atoms with van der Waals surface area (Å²) < 4.78 is 5.45. The molecule has 40 heavy (non-hydrogen) atoms. The number of hydrogen-bond donors (Lipinski definition) is 1. The van der Waals surface area contributed by atoms with Crippen LogP contribution >= 0.6 is 11.6 Å². The lowest BCUT2D eigenvalue weighted by atomic mass is 10.0. The van der Waals surface area contributed by atoms with Crippen molar-refractivity contribution in [3.63, 3.8) is 0 Å². The third kappa shape index (κ3) is 6.31. The summed E-state index contributed by atoms with van der Waals surface area (Å²) in [6.45, 7) is 1.76. The molecular formula is C30H31ClN6O3. The molecule has 0 radical (unpaired) electrons. The minimum Gasteiger partial charge on any atom is -0.497 e. The van der Waals surface area contributed by atoms with E-state index in [4.69, 9.17) is 16.3 Å². The summed E-state index contributed by atoms with van der Waals surface area (Å²) in [5, 5.41) is 16.4. The Morgan fingerprint density at radius 2 is 1.80 bits per heavy atom. The number of tetrazole rings is 1. The van der Waals surface area contributed by atoms with E-state index < -0.39 is 6.04 Å². The number of hydrogen-bond acceptors (Lipinski definition) is 6. The van der Waals surface area contributed by atoms with Gasteiger partial charge >= 0.3 is 0 Å². The van der Waals surface area contributed by atoms with Gasteiger partial charge in [-0.2, -0.15) is 4.80 Å². The molecule has 9 nitrogen and oxygen atoms in total. The number of aryl methyl sites for hydroxylation is 1. The third-order valence-corrected chi connectivity index (χ3v) is 7.29. The standard InChI is InChI=1S/C30H31ClN6O3/c1-20-10-12-21(13-11-20)28(30(39)32-24-6-3-4-7-24)37(25-8-5-9-26(18-25)40-2)27(38)19-36-34-29(33-35-36)22-14-16-23(31)17-15-22/h5,8-18,24,28H,3-4,6-7,19H2,1-2H3,(H,32,39). The van der Waals surface area contributed by atoms with E-state index >= 15 is 0 Å². The van der Waals surface area contributed by atoms with E-state index in [0.29, 0.717) is 27.8 Å². The fraction of sp³-hybridized carbons (Fsp3) is 0.300. The molecule has 1 aliphatic rings. The van der Waals surface area contributed by atoms with Gasteiger partial charge in [0.15, 0.2) is 0 Å². The molecule has 0 spiro atoms. The van der Waals surface area contributed by atoms with E-state index in [0.717, 1.165) is 36.8 Å². The highest BCUT2D eigenvalue weighted by molar-refractivity contribution is 6.30. The largest absolute Gasteiger partial charge is 0.497 e.